The number of rotatable bonds is 0. The maximum atomic E-state index is 3.04. The average Bonchev–Trinajstić information content (AvgIpc) is 1.76. The normalized spacial score (nSPS) is 20.8. The van der Waals surface area contributed by atoms with Gasteiger partial charge in [0.25, 0.3) is 0 Å². The van der Waals surface area contributed by atoms with Crippen LogP contribution in [-0.2, 0) is 0 Å². The highest BCUT2D eigenvalue weighted by molar-refractivity contribution is 4.74. The van der Waals surface area contributed by atoms with Crippen molar-refractivity contribution in [2.24, 2.45) is 0 Å². The van der Waals surface area contributed by atoms with E-state index in [9.17, 15) is 0 Å². The van der Waals surface area contributed by atoms with E-state index in [2.05, 4.69) is 11.4 Å². The smallest absolute Gasteiger partial charge is 0.138 e. The Labute approximate surface area is 31.7 Å². The van der Waals surface area contributed by atoms with Crippen LogP contribution in [0.25, 0.3) is 0 Å². The summed E-state index contributed by atoms with van der Waals surface area (Å²) in [7, 11) is 0. The van der Waals surface area contributed by atoms with E-state index in [-0.39, 0.29) is 0 Å². The summed E-state index contributed by atoms with van der Waals surface area (Å²) in [5.41, 5.74) is 0. The number of hydrogen-bond donors (Lipinski definition) is 1. The molecular formula is C4H7N+. The van der Waals surface area contributed by atoms with Gasteiger partial charge in [-0.15, -0.1) is 0 Å². The first kappa shape index (κ1) is 2.91. The fourth-order valence-corrected chi connectivity index (χ4v) is 0.417. The molecular weight excluding hydrogens is 62.1 g/mol. The second-order valence-electron chi connectivity index (χ2n) is 1.15. The standard InChI is InChI=1S/C4H7N/c1-2-4-5-3-1/h1,3,5H,2,4H2/q+1. The fourth-order valence-electron chi connectivity index (χ4n) is 0.417. The van der Waals surface area contributed by atoms with Gasteiger partial charge in [0.1, 0.15) is 12.7 Å². The predicted octanol–water partition coefficient (Wildman–Crippen LogP) is -0.747. The quantitative estimate of drug-likeness (QED) is 0.385. The predicted molar refractivity (Wildman–Crippen MR) is 19.6 cm³/mol. The van der Waals surface area contributed by atoms with Gasteiger partial charge < -0.3 is 0 Å². The molecule has 0 aromatic rings. The highest BCUT2D eigenvalue weighted by Gasteiger charge is 1.92. The van der Waals surface area contributed by atoms with Crippen LogP contribution in [0.3, 0.4) is 0 Å². The van der Waals surface area contributed by atoms with E-state index in [4.69, 9.17) is 0 Å². The summed E-state index contributed by atoms with van der Waals surface area (Å²) < 4.78 is 0. The van der Waals surface area contributed by atoms with Gasteiger partial charge in [0.05, 0.1) is 0 Å². The van der Waals surface area contributed by atoms with Gasteiger partial charge in [0.15, 0.2) is 0 Å². The van der Waals surface area contributed by atoms with Crippen molar-refractivity contribution >= 4 is 0 Å². The zero-order valence-corrected chi connectivity index (χ0v) is 3.07. The molecule has 0 aromatic carbocycles. The van der Waals surface area contributed by atoms with Gasteiger partial charge in [0.2, 0.25) is 0 Å². The molecule has 1 heterocycles. The Hall–Kier alpha value is -0.300. The summed E-state index contributed by atoms with van der Waals surface area (Å²) in [6.07, 6.45) is 5.32. The molecule has 1 N–H and O–H groups in total. The van der Waals surface area contributed by atoms with E-state index in [1.54, 1.807) is 0 Å². The molecule has 27 valence electrons. The highest BCUT2D eigenvalue weighted by Crippen LogP contribution is 1.75. The van der Waals surface area contributed by atoms with E-state index in [1.165, 1.54) is 6.42 Å². The Morgan fingerprint density at radius 2 is 2.60 bits per heavy atom. The van der Waals surface area contributed by atoms with E-state index in [1.807, 2.05) is 6.20 Å². The topological polar surface area (TPSA) is 15.6 Å². The molecule has 1 aliphatic rings. The molecule has 0 saturated carbocycles. The van der Waals surface area contributed by atoms with Crippen LogP contribution >= 0.6 is 0 Å². The van der Waals surface area contributed by atoms with Crippen LogP contribution in [0.15, 0.2) is 12.3 Å². The molecule has 1 aliphatic heterocycles. The monoisotopic (exact) mass is 69.1 g/mol. The zero-order valence-electron chi connectivity index (χ0n) is 3.07. The molecule has 0 aliphatic carbocycles. The summed E-state index contributed by atoms with van der Waals surface area (Å²) in [4.78, 5) is 0. The molecule has 0 saturated heterocycles. The molecule has 1 rings (SSSR count). The molecule has 0 spiro atoms. The van der Waals surface area contributed by atoms with Crippen LogP contribution in [0.2, 0.25) is 0 Å². The Morgan fingerprint density at radius 1 is 1.60 bits per heavy atom. The molecule has 1 nitrogen and oxygen atoms in total. The van der Waals surface area contributed by atoms with Gasteiger partial charge in [-0.2, -0.15) is 5.32 Å². The van der Waals surface area contributed by atoms with Crippen LogP contribution in [-0.4, -0.2) is 6.54 Å². The molecule has 0 fully saturated rings. The Kier molecular flexibility index (Phi) is 0.711. The number of hydrogen-bond acceptors (Lipinski definition) is 1. The molecule has 0 atom stereocenters. The molecule has 1 radical (unpaired) electrons. The fraction of sp³-hybridized carbons (Fsp3) is 0.500. The SMILES string of the molecule is C1=C[NH+]CC1. The Morgan fingerprint density at radius 3 is 2.80 bits per heavy atom. The van der Waals surface area contributed by atoms with Crippen LogP contribution in [0.4, 0.5) is 0 Å². The van der Waals surface area contributed by atoms with E-state index >= 15 is 0 Å². The van der Waals surface area contributed by atoms with Gasteiger partial charge in [-0.1, -0.05) is 0 Å². The van der Waals surface area contributed by atoms with E-state index in [0.717, 1.165) is 6.54 Å². The lowest BCUT2D eigenvalue weighted by atomic mass is 10.5. The lowest BCUT2D eigenvalue weighted by molar-refractivity contribution is -0.578. The third-order valence-corrected chi connectivity index (χ3v) is 0.691. The van der Waals surface area contributed by atoms with Crippen molar-refractivity contribution in [3.05, 3.63) is 12.3 Å². The average molecular weight is 69.1 g/mol. The lowest BCUT2D eigenvalue weighted by Crippen LogP contribution is -2.75. The summed E-state index contributed by atoms with van der Waals surface area (Å²) in [5, 5.41) is 3.04. The Bertz CT molecular complexity index is 41.6. The van der Waals surface area contributed by atoms with Gasteiger partial charge in [-0.25, -0.2) is 0 Å². The molecule has 0 amide bonds. The zero-order chi connectivity index (χ0) is 3.54. The minimum absolute atomic E-state index is 1.14. The summed E-state index contributed by atoms with van der Waals surface area (Å²) in [6, 6.07) is 0. The van der Waals surface area contributed by atoms with Crippen molar-refractivity contribution in [3.63, 3.8) is 0 Å². The first-order valence-electron chi connectivity index (χ1n) is 1.88. The first-order valence-corrected chi connectivity index (χ1v) is 1.88. The maximum absolute atomic E-state index is 3.04. The molecule has 1 heteroatoms. The van der Waals surface area contributed by atoms with Crippen LogP contribution in [0.1, 0.15) is 6.42 Å². The minimum Gasteiger partial charge on any atom is -0.153 e. The molecule has 0 aromatic heterocycles. The van der Waals surface area contributed by atoms with Crippen molar-refractivity contribution < 1.29 is 5.32 Å². The molecule has 0 unspecified atom stereocenters. The minimum atomic E-state index is 1.14. The molecule has 5 heavy (non-hydrogen) atoms. The van der Waals surface area contributed by atoms with Crippen molar-refractivity contribution in [3.8, 4) is 0 Å². The van der Waals surface area contributed by atoms with Gasteiger partial charge in [0, 0.05) is 6.42 Å². The van der Waals surface area contributed by atoms with Crippen LogP contribution in [0.5, 0.6) is 0 Å². The van der Waals surface area contributed by atoms with E-state index in [0.29, 0.717) is 0 Å². The van der Waals surface area contributed by atoms with Crippen molar-refractivity contribution in [1.29, 1.82) is 0 Å². The number of nitrogens with one attached hydrogen (secondary N) is 1. The third kappa shape index (κ3) is 0.484. The summed E-state index contributed by atoms with van der Waals surface area (Å²) in [5.74, 6) is 0. The second kappa shape index (κ2) is 1.22. The molecule has 0 bridgehead atoms. The van der Waals surface area contributed by atoms with Crippen molar-refractivity contribution in [2.75, 3.05) is 6.54 Å². The van der Waals surface area contributed by atoms with Crippen LogP contribution in [0, 0.1) is 0 Å². The van der Waals surface area contributed by atoms with Gasteiger partial charge in [-0.05, 0) is 6.08 Å². The summed E-state index contributed by atoms with van der Waals surface area (Å²) in [6.45, 7) is 1.14. The van der Waals surface area contributed by atoms with Crippen molar-refractivity contribution in [1.82, 2.24) is 0 Å². The first-order chi connectivity index (χ1) is 2.50. The van der Waals surface area contributed by atoms with Gasteiger partial charge in [-0.3, -0.25) is 0 Å². The lowest BCUT2D eigenvalue weighted by Gasteiger charge is -1.63. The largest absolute Gasteiger partial charge is 0.153 e. The van der Waals surface area contributed by atoms with E-state index < -0.39 is 0 Å². The highest BCUT2D eigenvalue weighted by atomic mass is 14.8. The van der Waals surface area contributed by atoms with Gasteiger partial charge >= 0.3 is 0 Å². The van der Waals surface area contributed by atoms with Crippen LogP contribution < -0.4 is 5.32 Å². The maximum Gasteiger partial charge on any atom is 0.138 e. The Balaban J connectivity index is 2.32. The second-order valence-corrected chi connectivity index (χ2v) is 1.15. The third-order valence-electron chi connectivity index (χ3n) is 0.691. The van der Waals surface area contributed by atoms with Crippen molar-refractivity contribution in [2.45, 2.75) is 6.42 Å². The summed E-state index contributed by atoms with van der Waals surface area (Å²) >= 11 is 0.